The number of aromatic hydroxyl groups is 1. The number of amides is 1. The van der Waals surface area contributed by atoms with Gasteiger partial charge in [-0.25, -0.2) is 4.79 Å². The molecule has 0 unspecified atom stereocenters. The number of phenols is 1. The lowest BCUT2D eigenvalue weighted by molar-refractivity contribution is -0.142. The number of hydrogen-bond donors (Lipinski definition) is 2. The van der Waals surface area contributed by atoms with Gasteiger partial charge in [0.05, 0.1) is 17.9 Å². The molecule has 0 fully saturated rings. The fourth-order valence-corrected chi connectivity index (χ4v) is 3.34. The van der Waals surface area contributed by atoms with Crippen molar-refractivity contribution >= 4 is 22.7 Å². The van der Waals surface area contributed by atoms with E-state index < -0.39 is 28.7 Å². The average Bonchev–Trinajstić information content (AvgIpc) is 2.64. The summed E-state index contributed by atoms with van der Waals surface area (Å²) in [4.78, 5) is 24.8. The highest BCUT2D eigenvalue weighted by atomic mass is 32.2. The molecule has 2 aromatic rings. The molecule has 0 aromatic heterocycles. The Morgan fingerprint density at radius 2 is 1.88 bits per heavy atom. The minimum absolute atomic E-state index is 0.0487. The Morgan fingerprint density at radius 3 is 2.52 bits per heavy atom. The van der Waals surface area contributed by atoms with E-state index in [0.717, 1.165) is 0 Å². The zero-order valence-corrected chi connectivity index (χ0v) is 14.5. The first-order chi connectivity index (χ1) is 12.0. The monoisotopic (exact) mass is 361 g/mol. The Kier molecular flexibility index (Phi) is 6.71. The first-order valence-electron chi connectivity index (χ1n) is 7.62. The van der Waals surface area contributed by atoms with E-state index >= 15 is 0 Å². The molecule has 0 bridgehead atoms. The third-order valence-electron chi connectivity index (χ3n) is 3.50. The van der Waals surface area contributed by atoms with Crippen LogP contribution in [0.25, 0.3) is 0 Å². The van der Waals surface area contributed by atoms with Crippen LogP contribution in [-0.2, 0) is 20.3 Å². The predicted molar refractivity (Wildman–Crippen MR) is 93.7 cm³/mol. The van der Waals surface area contributed by atoms with Gasteiger partial charge in [0.25, 0.3) is 5.91 Å². The molecule has 0 aliphatic rings. The molecule has 2 N–H and O–H groups in total. The highest BCUT2D eigenvalue weighted by Gasteiger charge is 2.23. The number of esters is 1. The summed E-state index contributed by atoms with van der Waals surface area (Å²) in [6, 6.07) is 13.8. The largest absolute Gasteiger partial charge is 0.508 e. The number of phenolic OH excluding ortho intramolecular Hbond substituents is 1. The third-order valence-corrected chi connectivity index (χ3v) is 4.90. The van der Waals surface area contributed by atoms with E-state index in [1.807, 2.05) is 6.07 Å². The molecule has 2 aromatic carbocycles. The average molecular weight is 361 g/mol. The van der Waals surface area contributed by atoms with Crippen LogP contribution in [-0.4, -0.2) is 40.1 Å². The smallest absolute Gasteiger partial charge is 0.328 e. The van der Waals surface area contributed by atoms with Crippen LogP contribution >= 0.6 is 0 Å². The van der Waals surface area contributed by atoms with Gasteiger partial charge in [0, 0.05) is 16.2 Å². The molecule has 0 spiro atoms. The summed E-state index contributed by atoms with van der Waals surface area (Å²) in [7, 11) is -0.0584. The predicted octanol–water partition coefficient (Wildman–Crippen LogP) is 1.86. The van der Waals surface area contributed by atoms with Gasteiger partial charge in [-0.05, 0) is 36.8 Å². The van der Waals surface area contributed by atoms with Gasteiger partial charge >= 0.3 is 5.97 Å². The maximum absolute atomic E-state index is 12.3. The van der Waals surface area contributed by atoms with Crippen LogP contribution in [0.4, 0.5) is 0 Å². The Bertz CT molecular complexity index is 763. The van der Waals surface area contributed by atoms with Crippen LogP contribution in [0.2, 0.25) is 0 Å². The summed E-state index contributed by atoms with van der Waals surface area (Å²) in [5, 5.41) is 12.0. The van der Waals surface area contributed by atoms with Crippen molar-refractivity contribution in [2.24, 2.45) is 0 Å². The van der Waals surface area contributed by atoms with Crippen LogP contribution in [0.15, 0.2) is 59.5 Å². The lowest BCUT2D eigenvalue weighted by atomic mass is 10.1. The molecule has 0 aliphatic carbocycles. The number of carbonyl (C=O) groups excluding carboxylic acids is 2. The van der Waals surface area contributed by atoms with Gasteiger partial charge in [0.1, 0.15) is 11.8 Å². The summed E-state index contributed by atoms with van der Waals surface area (Å²) in [5.41, 5.74) is 0.220. The van der Waals surface area contributed by atoms with Gasteiger partial charge in [0.15, 0.2) is 0 Å². The van der Waals surface area contributed by atoms with E-state index in [1.54, 1.807) is 24.3 Å². The molecule has 2 rings (SSSR count). The van der Waals surface area contributed by atoms with Gasteiger partial charge in [-0.15, -0.1) is 0 Å². The lowest BCUT2D eigenvalue weighted by Gasteiger charge is -2.16. The van der Waals surface area contributed by atoms with Gasteiger partial charge in [-0.1, -0.05) is 24.3 Å². The van der Waals surface area contributed by atoms with Gasteiger partial charge in [-0.3, -0.25) is 9.00 Å². The van der Waals surface area contributed by atoms with Crippen LogP contribution < -0.4 is 5.32 Å². The number of hydrogen-bond acceptors (Lipinski definition) is 5. The van der Waals surface area contributed by atoms with Crippen molar-refractivity contribution in [2.45, 2.75) is 17.4 Å². The van der Waals surface area contributed by atoms with Gasteiger partial charge in [0.2, 0.25) is 0 Å². The molecule has 0 aliphatic heterocycles. The first-order valence-corrected chi connectivity index (χ1v) is 8.94. The van der Waals surface area contributed by atoms with Crippen molar-refractivity contribution in [2.75, 3.05) is 12.9 Å². The SMILES string of the molecule is COC(=O)[C@H](CC[S@@](=O)c1ccccc1)NC(=O)c1cccc(O)c1. The maximum Gasteiger partial charge on any atom is 0.328 e. The van der Waals surface area contributed by atoms with Crippen molar-refractivity contribution in [1.29, 1.82) is 0 Å². The normalized spacial score (nSPS) is 12.8. The first kappa shape index (κ1) is 18.7. The van der Waals surface area contributed by atoms with Crippen molar-refractivity contribution in [3.05, 3.63) is 60.2 Å². The zero-order chi connectivity index (χ0) is 18.2. The van der Waals surface area contributed by atoms with E-state index in [4.69, 9.17) is 4.74 Å². The van der Waals surface area contributed by atoms with E-state index in [0.29, 0.717) is 4.90 Å². The maximum atomic E-state index is 12.3. The van der Waals surface area contributed by atoms with E-state index in [2.05, 4.69) is 5.32 Å². The van der Waals surface area contributed by atoms with Crippen molar-refractivity contribution in [1.82, 2.24) is 5.32 Å². The Morgan fingerprint density at radius 1 is 1.16 bits per heavy atom. The molecule has 7 heteroatoms. The van der Waals surface area contributed by atoms with E-state index in [1.165, 1.54) is 31.4 Å². The van der Waals surface area contributed by atoms with Crippen LogP contribution in [0.5, 0.6) is 5.75 Å². The lowest BCUT2D eigenvalue weighted by Crippen LogP contribution is -2.42. The van der Waals surface area contributed by atoms with Crippen LogP contribution in [0.1, 0.15) is 16.8 Å². The molecule has 0 heterocycles. The van der Waals surface area contributed by atoms with Crippen molar-refractivity contribution < 1.29 is 23.6 Å². The second kappa shape index (κ2) is 8.98. The molecular formula is C18H19NO5S. The highest BCUT2D eigenvalue weighted by Crippen LogP contribution is 2.12. The molecule has 0 saturated carbocycles. The van der Waals surface area contributed by atoms with Gasteiger partial charge in [-0.2, -0.15) is 0 Å². The summed E-state index contributed by atoms with van der Waals surface area (Å²) in [6.07, 6.45) is 0.165. The number of benzene rings is 2. The minimum Gasteiger partial charge on any atom is -0.508 e. The topological polar surface area (TPSA) is 92.7 Å². The molecule has 6 nitrogen and oxygen atoms in total. The van der Waals surface area contributed by atoms with Crippen molar-refractivity contribution in [3.63, 3.8) is 0 Å². The number of ether oxygens (including phenoxy) is 1. The summed E-state index contributed by atoms with van der Waals surface area (Å²) < 4.78 is 17.0. The molecule has 0 saturated heterocycles. The van der Waals surface area contributed by atoms with Crippen molar-refractivity contribution in [3.8, 4) is 5.75 Å². The minimum atomic E-state index is -1.28. The molecule has 0 radical (unpaired) electrons. The molecular weight excluding hydrogens is 342 g/mol. The molecule has 25 heavy (non-hydrogen) atoms. The molecule has 132 valence electrons. The molecule has 1 amide bonds. The molecule has 2 atom stereocenters. The number of rotatable bonds is 7. The zero-order valence-electron chi connectivity index (χ0n) is 13.7. The number of nitrogens with one attached hydrogen (secondary N) is 1. The summed E-state index contributed by atoms with van der Waals surface area (Å²) >= 11 is 0. The standard InChI is InChI=1S/C18H19NO5S/c1-24-18(22)16(10-11-25(23)15-8-3-2-4-9-15)19-17(21)13-6-5-7-14(20)12-13/h2-9,12,16,20H,10-11H2,1H3,(H,19,21)/t16-,25+/m0/s1. The number of carbonyl (C=O) groups is 2. The van der Waals surface area contributed by atoms with E-state index in [9.17, 15) is 18.9 Å². The summed E-state index contributed by atoms with van der Waals surface area (Å²) in [5.74, 6) is -0.979. The Hall–Kier alpha value is -2.67. The summed E-state index contributed by atoms with van der Waals surface area (Å²) in [6.45, 7) is 0. The Labute approximate surface area is 148 Å². The van der Waals surface area contributed by atoms with Crippen LogP contribution in [0, 0.1) is 0 Å². The highest BCUT2D eigenvalue weighted by molar-refractivity contribution is 7.85. The van der Waals surface area contributed by atoms with E-state index in [-0.39, 0.29) is 23.5 Å². The third kappa shape index (κ3) is 5.42. The Balaban J connectivity index is 2.02. The number of methoxy groups -OCH3 is 1. The van der Waals surface area contributed by atoms with Gasteiger partial charge < -0.3 is 15.2 Å². The fourth-order valence-electron chi connectivity index (χ4n) is 2.19. The quantitative estimate of drug-likeness (QED) is 0.735. The second-order valence-electron chi connectivity index (χ2n) is 5.25. The second-order valence-corrected chi connectivity index (χ2v) is 6.82. The fraction of sp³-hybridized carbons (Fsp3) is 0.222. The van der Waals surface area contributed by atoms with Crippen LogP contribution in [0.3, 0.4) is 0 Å².